The third kappa shape index (κ3) is 3.27. The molecular formula is C16H31NO. The van der Waals surface area contributed by atoms with Gasteiger partial charge in [0.2, 0.25) is 0 Å². The second kappa shape index (κ2) is 6.38. The molecule has 0 aromatic carbocycles. The largest absolute Gasteiger partial charge is 0.396 e. The van der Waals surface area contributed by atoms with Gasteiger partial charge in [-0.1, -0.05) is 39.5 Å². The maximum Gasteiger partial charge on any atom is 0.0499 e. The van der Waals surface area contributed by atoms with Crippen LogP contribution in [-0.4, -0.2) is 24.3 Å². The quantitative estimate of drug-likeness (QED) is 0.787. The molecule has 2 aliphatic carbocycles. The van der Waals surface area contributed by atoms with Crippen LogP contribution in [0.3, 0.4) is 0 Å². The second-order valence-electron chi connectivity index (χ2n) is 7.04. The molecule has 2 saturated carbocycles. The summed E-state index contributed by atoms with van der Waals surface area (Å²) >= 11 is 0. The van der Waals surface area contributed by atoms with E-state index in [0.717, 1.165) is 18.4 Å². The molecule has 2 unspecified atom stereocenters. The van der Waals surface area contributed by atoms with Gasteiger partial charge >= 0.3 is 0 Å². The van der Waals surface area contributed by atoms with E-state index in [-0.39, 0.29) is 5.41 Å². The first-order valence-electron chi connectivity index (χ1n) is 8.01. The highest BCUT2D eigenvalue weighted by atomic mass is 16.3. The standard InChI is InChI=1S/C16H31NO/c1-13(2)14-7-3-4-8-15(14)17-11-16(12-18)9-5-6-10-16/h13-15,17-18H,3-12H2,1-2H3. The molecule has 0 saturated heterocycles. The van der Waals surface area contributed by atoms with E-state index in [1.54, 1.807) is 0 Å². The molecular weight excluding hydrogens is 222 g/mol. The van der Waals surface area contributed by atoms with Crippen molar-refractivity contribution in [2.24, 2.45) is 17.3 Å². The zero-order chi connectivity index (χ0) is 13.0. The molecule has 2 atom stereocenters. The maximum atomic E-state index is 9.68. The van der Waals surface area contributed by atoms with Gasteiger partial charge in [0.25, 0.3) is 0 Å². The van der Waals surface area contributed by atoms with Crippen LogP contribution in [-0.2, 0) is 0 Å². The summed E-state index contributed by atoms with van der Waals surface area (Å²) in [4.78, 5) is 0. The minimum absolute atomic E-state index is 0.207. The molecule has 0 radical (unpaired) electrons. The topological polar surface area (TPSA) is 32.3 Å². The summed E-state index contributed by atoms with van der Waals surface area (Å²) in [5, 5.41) is 13.5. The van der Waals surface area contributed by atoms with E-state index in [0.29, 0.717) is 12.6 Å². The van der Waals surface area contributed by atoms with Gasteiger partial charge in [0, 0.05) is 24.6 Å². The van der Waals surface area contributed by atoms with E-state index in [9.17, 15) is 5.11 Å². The molecule has 2 nitrogen and oxygen atoms in total. The van der Waals surface area contributed by atoms with Crippen LogP contribution in [0.1, 0.15) is 65.2 Å². The van der Waals surface area contributed by atoms with Gasteiger partial charge < -0.3 is 10.4 Å². The van der Waals surface area contributed by atoms with Crippen LogP contribution >= 0.6 is 0 Å². The normalized spacial score (nSPS) is 32.0. The zero-order valence-electron chi connectivity index (χ0n) is 12.3. The molecule has 0 amide bonds. The number of aliphatic hydroxyl groups excluding tert-OH is 1. The van der Waals surface area contributed by atoms with Crippen LogP contribution in [0, 0.1) is 17.3 Å². The van der Waals surface area contributed by atoms with Crippen molar-refractivity contribution < 1.29 is 5.11 Å². The molecule has 2 aliphatic rings. The molecule has 106 valence electrons. The van der Waals surface area contributed by atoms with E-state index in [1.807, 2.05) is 0 Å². The molecule has 2 rings (SSSR count). The SMILES string of the molecule is CC(C)C1CCCCC1NCC1(CO)CCCC1. The summed E-state index contributed by atoms with van der Waals surface area (Å²) < 4.78 is 0. The van der Waals surface area contributed by atoms with Crippen molar-refractivity contribution in [2.45, 2.75) is 71.3 Å². The lowest BCUT2D eigenvalue weighted by Crippen LogP contribution is -2.46. The summed E-state index contributed by atoms with van der Waals surface area (Å²) in [7, 11) is 0. The fraction of sp³-hybridized carbons (Fsp3) is 1.00. The number of rotatable bonds is 5. The average Bonchev–Trinajstić information content (AvgIpc) is 2.86. The first-order valence-corrected chi connectivity index (χ1v) is 8.01. The highest BCUT2D eigenvalue weighted by Crippen LogP contribution is 2.38. The average molecular weight is 253 g/mol. The van der Waals surface area contributed by atoms with Crippen LogP contribution in [0.4, 0.5) is 0 Å². The fourth-order valence-electron chi connectivity index (χ4n) is 4.07. The minimum Gasteiger partial charge on any atom is -0.396 e. The van der Waals surface area contributed by atoms with Gasteiger partial charge in [-0.15, -0.1) is 0 Å². The van der Waals surface area contributed by atoms with Crippen LogP contribution in [0.2, 0.25) is 0 Å². The Morgan fingerprint density at radius 3 is 2.39 bits per heavy atom. The van der Waals surface area contributed by atoms with Crippen molar-refractivity contribution in [3.63, 3.8) is 0 Å². The lowest BCUT2D eigenvalue weighted by atomic mass is 9.77. The van der Waals surface area contributed by atoms with Crippen molar-refractivity contribution in [1.29, 1.82) is 0 Å². The third-order valence-electron chi connectivity index (χ3n) is 5.41. The molecule has 0 aromatic heterocycles. The number of hydrogen-bond acceptors (Lipinski definition) is 2. The number of aliphatic hydroxyl groups is 1. The highest BCUT2D eigenvalue weighted by molar-refractivity contribution is 4.90. The molecule has 0 aromatic rings. The van der Waals surface area contributed by atoms with Gasteiger partial charge in [0.05, 0.1) is 0 Å². The molecule has 2 heteroatoms. The first-order chi connectivity index (χ1) is 8.67. The Balaban J connectivity index is 1.87. The predicted octanol–water partition coefficient (Wildman–Crippen LogP) is 3.34. The zero-order valence-corrected chi connectivity index (χ0v) is 12.3. The van der Waals surface area contributed by atoms with E-state index in [4.69, 9.17) is 0 Å². The van der Waals surface area contributed by atoms with Crippen molar-refractivity contribution >= 4 is 0 Å². The van der Waals surface area contributed by atoms with Gasteiger partial charge in [-0.25, -0.2) is 0 Å². The predicted molar refractivity (Wildman–Crippen MR) is 76.6 cm³/mol. The van der Waals surface area contributed by atoms with Gasteiger partial charge in [-0.2, -0.15) is 0 Å². The Labute approximate surface area is 113 Å². The van der Waals surface area contributed by atoms with Crippen molar-refractivity contribution in [1.82, 2.24) is 5.32 Å². The second-order valence-corrected chi connectivity index (χ2v) is 7.04. The molecule has 0 spiro atoms. The van der Waals surface area contributed by atoms with Gasteiger partial charge in [-0.05, 0) is 37.5 Å². The smallest absolute Gasteiger partial charge is 0.0499 e. The van der Waals surface area contributed by atoms with Crippen LogP contribution in [0.25, 0.3) is 0 Å². The van der Waals surface area contributed by atoms with E-state index < -0.39 is 0 Å². The fourth-order valence-corrected chi connectivity index (χ4v) is 4.07. The van der Waals surface area contributed by atoms with E-state index in [2.05, 4.69) is 19.2 Å². The Kier molecular flexibility index (Phi) is 5.08. The Morgan fingerprint density at radius 2 is 1.78 bits per heavy atom. The molecule has 2 N–H and O–H groups in total. The Hall–Kier alpha value is -0.0800. The van der Waals surface area contributed by atoms with Crippen molar-refractivity contribution in [3.8, 4) is 0 Å². The summed E-state index contributed by atoms with van der Waals surface area (Å²) in [6.07, 6.45) is 10.6. The number of nitrogens with one attached hydrogen (secondary N) is 1. The molecule has 2 fully saturated rings. The first kappa shape index (κ1) is 14.3. The van der Waals surface area contributed by atoms with Crippen molar-refractivity contribution in [3.05, 3.63) is 0 Å². The summed E-state index contributed by atoms with van der Waals surface area (Å²) in [5.41, 5.74) is 0.207. The van der Waals surface area contributed by atoms with Crippen LogP contribution in [0.5, 0.6) is 0 Å². The van der Waals surface area contributed by atoms with Crippen LogP contribution in [0.15, 0.2) is 0 Å². The molecule has 18 heavy (non-hydrogen) atoms. The monoisotopic (exact) mass is 253 g/mol. The van der Waals surface area contributed by atoms with Gasteiger partial charge in [0.1, 0.15) is 0 Å². The Morgan fingerprint density at radius 1 is 1.11 bits per heavy atom. The lowest BCUT2D eigenvalue weighted by Gasteiger charge is -2.38. The Bertz CT molecular complexity index is 245. The third-order valence-corrected chi connectivity index (χ3v) is 5.41. The minimum atomic E-state index is 0.207. The summed E-state index contributed by atoms with van der Waals surface area (Å²) in [5.74, 6) is 1.63. The van der Waals surface area contributed by atoms with E-state index >= 15 is 0 Å². The summed E-state index contributed by atoms with van der Waals surface area (Å²) in [6.45, 7) is 6.14. The van der Waals surface area contributed by atoms with Crippen molar-refractivity contribution in [2.75, 3.05) is 13.2 Å². The molecule has 0 heterocycles. The highest BCUT2D eigenvalue weighted by Gasteiger charge is 2.35. The summed E-state index contributed by atoms with van der Waals surface area (Å²) in [6, 6.07) is 0.697. The molecule has 0 bridgehead atoms. The van der Waals surface area contributed by atoms with Gasteiger partial charge in [-0.3, -0.25) is 0 Å². The molecule has 0 aliphatic heterocycles. The lowest BCUT2D eigenvalue weighted by molar-refractivity contribution is 0.110. The van der Waals surface area contributed by atoms with E-state index in [1.165, 1.54) is 51.4 Å². The maximum absolute atomic E-state index is 9.68. The number of hydrogen-bond donors (Lipinski definition) is 2. The van der Waals surface area contributed by atoms with Gasteiger partial charge in [0.15, 0.2) is 0 Å². The van der Waals surface area contributed by atoms with Crippen LogP contribution < -0.4 is 5.32 Å².